The topological polar surface area (TPSA) is 57.5 Å². The van der Waals surface area contributed by atoms with E-state index < -0.39 is 0 Å². The highest BCUT2D eigenvalue weighted by atomic mass is 16.6. The largest absolute Gasteiger partial charge is 0.461 e. The Morgan fingerprint density at radius 1 is 1.15 bits per heavy atom. The summed E-state index contributed by atoms with van der Waals surface area (Å²) in [6.45, 7) is 7.17. The summed E-state index contributed by atoms with van der Waals surface area (Å²) in [5.74, 6) is 0.690. The molecule has 0 aromatic carbocycles. The van der Waals surface area contributed by atoms with Crippen LogP contribution in [0.5, 0.6) is 0 Å². The molecule has 1 aromatic heterocycles. The van der Waals surface area contributed by atoms with Crippen LogP contribution in [0.2, 0.25) is 0 Å². The number of fused-ring (bicyclic) bond motifs is 2. The van der Waals surface area contributed by atoms with Crippen LogP contribution in [-0.2, 0) is 25.6 Å². The third kappa shape index (κ3) is 2.36. The van der Waals surface area contributed by atoms with Gasteiger partial charge >= 0.3 is 11.9 Å². The Morgan fingerprint density at radius 2 is 1.96 bits per heavy atom. The number of ether oxygens (including phenoxy) is 2. The number of hydrogen-bond acceptors (Lipinski definition) is 4. The molecule has 0 saturated carbocycles. The standard InChI is InChI=1S/C22H29NO4/c1-4-13-14-7-5-6-8-23-16(17-9-11(2)21(24)26-17)10-15(19(14)23)18-12(3)22(25)27-20(13)18/h10-14,17-18,20H,4-9H2,1-3H3/t11-,12-,13+,14+,17-,18-,20+/m1/s1. The van der Waals surface area contributed by atoms with E-state index >= 15 is 0 Å². The number of aromatic nitrogens is 1. The third-order valence-electron chi connectivity index (χ3n) is 7.54. The van der Waals surface area contributed by atoms with Crippen LogP contribution >= 0.6 is 0 Å². The van der Waals surface area contributed by atoms with E-state index in [0.717, 1.165) is 37.9 Å². The van der Waals surface area contributed by atoms with Crippen LogP contribution in [-0.4, -0.2) is 22.6 Å². The zero-order chi connectivity index (χ0) is 18.9. The van der Waals surface area contributed by atoms with Gasteiger partial charge in [-0.05, 0) is 30.9 Å². The number of nitrogens with zero attached hydrogens (tertiary/aromatic N) is 1. The molecule has 1 aromatic rings. The van der Waals surface area contributed by atoms with Gasteiger partial charge in [-0.3, -0.25) is 9.59 Å². The van der Waals surface area contributed by atoms with Crippen LogP contribution in [0.15, 0.2) is 6.07 Å². The van der Waals surface area contributed by atoms with Crippen molar-refractivity contribution in [3.05, 3.63) is 23.0 Å². The first-order valence-electron chi connectivity index (χ1n) is 10.7. The van der Waals surface area contributed by atoms with Gasteiger partial charge in [-0.25, -0.2) is 0 Å². The molecule has 4 heterocycles. The number of rotatable bonds is 2. The Bertz CT molecular complexity index is 796. The van der Waals surface area contributed by atoms with Gasteiger partial charge < -0.3 is 14.0 Å². The van der Waals surface area contributed by atoms with Gasteiger partial charge in [0.15, 0.2) is 0 Å². The maximum absolute atomic E-state index is 12.4. The lowest BCUT2D eigenvalue weighted by molar-refractivity contribution is -0.146. The van der Waals surface area contributed by atoms with E-state index in [1.807, 2.05) is 13.8 Å². The molecule has 1 aliphatic carbocycles. The molecule has 27 heavy (non-hydrogen) atoms. The molecule has 0 spiro atoms. The van der Waals surface area contributed by atoms with E-state index in [-0.39, 0.29) is 41.9 Å². The molecule has 5 nitrogen and oxygen atoms in total. The van der Waals surface area contributed by atoms with E-state index in [1.54, 1.807) is 0 Å². The Balaban J connectivity index is 1.67. The normalized spacial score (nSPS) is 40.2. The molecule has 4 aliphatic rings. The van der Waals surface area contributed by atoms with Crippen LogP contribution in [0.4, 0.5) is 0 Å². The fraction of sp³-hybridized carbons (Fsp3) is 0.727. The van der Waals surface area contributed by atoms with E-state index in [4.69, 9.17) is 9.47 Å². The summed E-state index contributed by atoms with van der Waals surface area (Å²) < 4.78 is 14.1. The molecule has 0 radical (unpaired) electrons. The number of hydrogen-bond donors (Lipinski definition) is 0. The minimum absolute atomic E-state index is 0.00171. The highest BCUT2D eigenvalue weighted by Gasteiger charge is 2.54. The van der Waals surface area contributed by atoms with Crippen LogP contribution in [0.25, 0.3) is 0 Å². The van der Waals surface area contributed by atoms with Crippen molar-refractivity contribution < 1.29 is 19.1 Å². The second-order valence-electron chi connectivity index (χ2n) is 9.01. The molecule has 146 valence electrons. The van der Waals surface area contributed by atoms with Gasteiger partial charge in [0.05, 0.1) is 17.5 Å². The Morgan fingerprint density at radius 3 is 2.67 bits per heavy atom. The lowest BCUT2D eigenvalue weighted by Crippen LogP contribution is -2.36. The molecule has 0 bridgehead atoms. The molecule has 7 atom stereocenters. The second kappa shape index (κ2) is 6.11. The fourth-order valence-electron chi connectivity index (χ4n) is 6.19. The van der Waals surface area contributed by atoms with Crippen molar-refractivity contribution in [3.8, 4) is 0 Å². The molecule has 5 rings (SSSR count). The molecule has 3 aliphatic heterocycles. The highest BCUT2D eigenvalue weighted by Crippen LogP contribution is 2.55. The summed E-state index contributed by atoms with van der Waals surface area (Å²) >= 11 is 0. The van der Waals surface area contributed by atoms with E-state index in [2.05, 4.69) is 17.6 Å². The van der Waals surface area contributed by atoms with Crippen molar-refractivity contribution in [2.45, 2.75) is 83.5 Å². The maximum Gasteiger partial charge on any atom is 0.309 e. The van der Waals surface area contributed by atoms with Crippen LogP contribution in [0.1, 0.15) is 87.8 Å². The monoisotopic (exact) mass is 371 g/mol. The third-order valence-corrected chi connectivity index (χ3v) is 7.54. The van der Waals surface area contributed by atoms with Crippen LogP contribution in [0, 0.1) is 17.8 Å². The summed E-state index contributed by atoms with van der Waals surface area (Å²) in [6, 6.07) is 2.26. The van der Waals surface area contributed by atoms with Crippen molar-refractivity contribution >= 4 is 11.9 Å². The average Bonchev–Trinajstić information content (AvgIpc) is 3.20. The van der Waals surface area contributed by atoms with Crippen molar-refractivity contribution in [1.82, 2.24) is 4.57 Å². The van der Waals surface area contributed by atoms with Crippen molar-refractivity contribution in [2.75, 3.05) is 0 Å². The summed E-state index contributed by atoms with van der Waals surface area (Å²) in [7, 11) is 0. The lowest BCUT2D eigenvalue weighted by atomic mass is 9.66. The van der Waals surface area contributed by atoms with Gasteiger partial charge in [-0.2, -0.15) is 0 Å². The number of carbonyl (C=O) groups is 2. The fourth-order valence-corrected chi connectivity index (χ4v) is 6.19. The van der Waals surface area contributed by atoms with Gasteiger partial charge in [-0.1, -0.05) is 27.2 Å². The van der Waals surface area contributed by atoms with Crippen LogP contribution < -0.4 is 0 Å². The molecule has 5 heteroatoms. The zero-order valence-electron chi connectivity index (χ0n) is 16.4. The van der Waals surface area contributed by atoms with Crippen molar-refractivity contribution in [2.24, 2.45) is 17.8 Å². The predicted octanol–water partition coefficient (Wildman–Crippen LogP) is 4.06. The predicted molar refractivity (Wildman–Crippen MR) is 99.2 cm³/mol. The van der Waals surface area contributed by atoms with Gasteiger partial charge in [0.1, 0.15) is 12.2 Å². The Labute approximate surface area is 160 Å². The molecule has 0 unspecified atom stereocenters. The molecular formula is C22H29NO4. The lowest BCUT2D eigenvalue weighted by Gasteiger charge is -2.39. The summed E-state index contributed by atoms with van der Waals surface area (Å²) in [6.07, 6.45) is 5.14. The van der Waals surface area contributed by atoms with Gasteiger partial charge in [0.2, 0.25) is 0 Å². The number of esters is 2. The van der Waals surface area contributed by atoms with Gasteiger partial charge in [-0.15, -0.1) is 0 Å². The minimum atomic E-state index is -0.149. The SMILES string of the molecule is CC[C@@H]1[C@@H]2OC(=O)[C@H](C)[C@@H]2c2cc([C@H]3C[C@@H](C)C(=O)O3)n3c2[C@H]1CCCC3. The zero-order valence-corrected chi connectivity index (χ0v) is 16.4. The highest BCUT2D eigenvalue weighted by molar-refractivity contribution is 5.77. The first-order valence-corrected chi connectivity index (χ1v) is 10.7. The summed E-state index contributed by atoms with van der Waals surface area (Å²) in [5, 5.41) is 0. The molecule has 0 amide bonds. The maximum atomic E-state index is 12.4. The minimum Gasteiger partial charge on any atom is -0.461 e. The number of carbonyl (C=O) groups excluding carboxylic acids is 2. The second-order valence-corrected chi connectivity index (χ2v) is 9.01. The Kier molecular flexibility index (Phi) is 3.92. The number of cyclic esters (lactones) is 1. The summed E-state index contributed by atoms with van der Waals surface area (Å²) in [4.78, 5) is 24.5. The average molecular weight is 371 g/mol. The first-order chi connectivity index (χ1) is 13.0. The van der Waals surface area contributed by atoms with Crippen molar-refractivity contribution in [3.63, 3.8) is 0 Å². The van der Waals surface area contributed by atoms with E-state index in [1.165, 1.54) is 17.7 Å². The van der Waals surface area contributed by atoms with Crippen LogP contribution in [0.3, 0.4) is 0 Å². The smallest absolute Gasteiger partial charge is 0.309 e. The van der Waals surface area contributed by atoms with Crippen molar-refractivity contribution in [1.29, 1.82) is 0 Å². The molecule has 2 saturated heterocycles. The van der Waals surface area contributed by atoms with E-state index in [0.29, 0.717) is 11.8 Å². The molecular weight excluding hydrogens is 342 g/mol. The molecule has 0 N–H and O–H groups in total. The van der Waals surface area contributed by atoms with Gasteiger partial charge in [0, 0.05) is 36.4 Å². The summed E-state index contributed by atoms with van der Waals surface area (Å²) in [5.41, 5.74) is 3.85. The quantitative estimate of drug-likeness (QED) is 0.736. The molecule has 2 fully saturated rings. The Hall–Kier alpha value is -1.78. The van der Waals surface area contributed by atoms with Gasteiger partial charge in [0.25, 0.3) is 0 Å². The van der Waals surface area contributed by atoms with E-state index in [9.17, 15) is 9.59 Å². The first kappa shape index (κ1) is 17.3.